The van der Waals surface area contributed by atoms with Gasteiger partial charge in [-0.15, -0.1) is 0 Å². The number of thiol groups is 1. The molecule has 10 N–H and O–H groups in total. The first-order valence-electron chi connectivity index (χ1n) is 10.6. The molecule has 0 heterocycles. The van der Waals surface area contributed by atoms with E-state index in [0.29, 0.717) is 5.56 Å². The predicted octanol–water partition coefficient (Wildman–Crippen LogP) is -2.53. The zero-order valence-electron chi connectivity index (χ0n) is 19.0. The second-order valence-electron chi connectivity index (χ2n) is 7.78. The van der Waals surface area contributed by atoms with Gasteiger partial charge in [0.1, 0.15) is 23.9 Å². The van der Waals surface area contributed by atoms with Crippen LogP contribution in [0.15, 0.2) is 24.3 Å². The van der Waals surface area contributed by atoms with E-state index >= 15 is 0 Å². The van der Waals surface area contributed by atoms with E-state index in [9.17, 15) is 39.0 Å². The molecule has 14 nitrogen and oxygen atoms in total. The van der Waals surface area contributed by atoms with E-state index in [1.165, 1.54) is 12.1 Å². The van der Waals surface area contributed by atoms with Crippen molar-refractivity contribution in [3.63, 3.8) is 0 Å². The van der Waals surface area contributed by atoms with Crippen molar-refractivity contribution < 1.29 is 44.1 Å². The van der Waals surface area contributed by atoms with Crippen LogP contribution in [0.4, 0.5) is 0 Å². The molecule has 0 aromatic heterocycles. The Morgan fingerprint density at radius 1 is 0.861 bits per heavy atom. The van der Waals surface area contributed by atoms with Crippen molar-refractivity contribution in [1.82, 2.24) is 16.0 Å². The number of aromatic hydroxyl groups is 1. The monoisotopic (exact) mass is 527 g/mol. The molecule has 1 aromatic rings. The van der Waals surface area contributed by atoms with Gasteiger partial charge in [-0.3, -0.25) is 24.0 Å². The van der Waals surface area contributed by atoms with Crippen LogP contribution in [0.3, 0.4) is 0 Å². The van der Waals surface area contributed by atoms with Gasteiger partial charge in [-0.05, 0) is 30.5 Å². The number of primary amides is 1. The minimum Gasteiger partial charge on any atom is -0.508 e. The molecular weight excluding hydrogens is 498 g/mol. The SMILES string of the molecule is NC(=O)CC(NC(=O)C(CS)NC(=O)C(N)Cc1ccc(O)cc1)C(=O)NC(CCC(=O)O)C(=O)O. The molecule has 198 valence electrons. The fourth-order valence-electron chi connectivity index (χ4n) is 2.93. The van der Waals surface area contributed by atoms with Gasteiger partial charge < -0.3 is 42.7 Å². The Bertz CT molecular complexity index is 973. The quantitative estimate of drug-likeness (QED) is 0.108. The number of hydrogen-bond donors (Lipinski definition) is 9. The first-order valence-corrected chi connectivity index (χ1v) is 11.3. The molecule has 4 unspecified atom stereocenters. The molecule has 0 spiro atoms. The van der Waals surface area contributed by atoms with Gasteiger partial charge in [0.05, 0.1) is 12.5 Å². The van der Waals surface area contributed by atoms with Crippen molar-refractivity contribution >= 4 is 48.2 Å². The average Bonchev–Trinajstić information content (AvgIpc) is 2.79. The van der Waals surface area contributed by atoms with E-state index in [4.69, 9.17) is 16.6 Å². The van der Waals surface area contributed by atoms with Gasteiger partial charge in [-0.25, -0.2) is 4.79 Å². The number of aliphatic carboxylic acids is 2. The minimum absolute atomic E-state index is 0.0368. The van der Waals surface area contributed by atoms with Crippen LogP contribution in [0.25, 0.3) is 0 Å². The number of carbonyl (C=O) groups excluding carboxylic acids is 4. The van der Waals surface area contributed by atoms with E-state index in [1.54, 1.807) is 12.1 Å². The maximum atomic E-state index is 12.7. The number of carboxylic acid groups (broad SMARTS) is 2. The molecule has 0 bridgehead atoms. The molecular formula is C21H29N5O9S. The number of carbonyl (C=O) groups is 6. The highest BCUT2D eigenvalue weighted by Crippen LogP contribution is 2.11. The number of carboxylic acids is 2. The molecule has 0 fully saturated rings. The molecule has 1 rings (SSSR count). The van der Waals surface area contributed by atoms with Crippen LogP contribution < -0.4 is 27.4 Å². The highest BCUT2D eigenvalue weighted by Gasteiger charge is 2.31. The van der Waals surface area contributed by atoms with Gasteiger partial charge in [0.25, 0.3) is 0 Å². The predicted molar refractivity (Wildman–Crippen MR) is 128 cm³/mol. The molecule has 15 heteroatoms. The zero-order chi connectivity index (χ0) is 27.4. The topological polar surface area (TPSA) is 251 Å². The van der Waals surface area contributed by atoms with Crippen LogP contribution in [0.1, 0.15) is 24.8 Å². The number of nitrogens with two attached hydrogens (primary N) is 2. The highest BCUT2D eigenvalue weighted by atomic mass is 32.1. The van der Waals surface area contributed by atoms with Crippen molar-refractivity contribution in [2.45, 2.75) is 49.9 Å². The molecule has 4 atom stereocenters. The van der Waals surface area contributed by atoms with Crippen molar-refractivity contribution in [1.29, 1.82) is 0 Å². The van der Waals surface area contributed by atoms with Crippen molar-refractivity contribution in [3.05, 3.63) is 29.8 Å². The fraction of sp³-hybridized carbons (Fsp3) is 0.429. The van der Waals surface area contributed by atoms with Gasteiger partial charge in [0.2, 0.25) is 23.6 Å². The first kappa shape index (κ1) is 30.2. The maximum absolute atomic E-state index is 12.7. The Kier molecular flexibility index (Phi) is 12.2. The van der Waals surface area contributed by atoms with Crippen LogP contribution in [0.5, 0.6) is 5.75 Å². The Morgan fingerprint density at radius 3 is 1.89 bits per heavy atom. The summed E-state index contributed by atoms with van der Waals surface area (Å²) >= 11 is 4.01. The van der Waals surface area contributed by atoms with Crippen LogP contribution in [0, 0.1) is 0 Å². The molecule has 0 saturated heterocycles. The normalized spacial score (nSPS) is 13.9. The van der Waals surface area contributed by atoms with Crippen molar-refractivity contribution in [2.75, 3.05) is 5.75 Å². The summed E-state index contributed by atoms with van der Waals surface area (Å²) in [4.78, 5) is 71.2. The molecule has 0 aliphatic heterocycles. The summed E-state index contributed by atoms with van der Waals surface area (Å²) < 4.78 is 0. The Balaban J connectivity index is 2.84. The number of hydrogen-bond acceptors (Lipinski definition) is 9. The van der Waals surface area contributed by atoms with E-state index in [0.717, 1.165) is 0 Å². The number of nitrogens with one attached hydrogen (secondary N) is 3. The average molecular weight is 528 g/mol. The Morgan fingerprint density at radius 2 is 1.39 bits per heavy atom. The van der Waals surface area contributed by atoms with E-state index in [2.05, 4.69) is 28.6 Å². The summed E-state index contributed by atoms with van der Waals surface area (Å²) in [5, 5.41) is 33.9. The molecule has 0 radical (unpaired) electrons. The molecule has 1 aromatic carbocycles. The maximum Gasteiger partial charge on any atom is 0.326 e. The van der Waals surface area contributed by atoms with Gasteiger partial charge in [-0.1, -0.05) is 12.1 Å². The number of benzene rings is 1. The second-order valence-corrected chi connectivity index (χ2v) is 8.15. The third-order valence-electron chi connectivity index (χ3n) is 4.84. The number of amides is 4. The van der Waals surface area contributed by atoms with Gasteiger partial charge in [0, 0.05) is 12.2 Å². The summed E-state index contributed by atoms with van der Waals surface area (Å²) in [6.07, 6.45) is -1.60. The summed E-state index contributed by atoms with van der Waals surface area (Å²) in [5.41, 5.74) is 11.7. The second kappa shape index (κ2) is 14.5. The number of phenols is 1. The lowest BCUT2D eigenvalue weighted by Gasteiger charge is -2.24. The zero-order valence-corrected chi connectivity index (χ0v) is 19.9. The third kappa shape index (κ3) is 10.6. The summed E-state index contributed by atoms with van der Waals surface area (Å²) in [7, 11) is 0. The molecule has 36 heavy (non-hydrogen) atoms. The Labute approximate surface area is 211 Å². The summed E-state index contributed by atoms with van der Waals surface area (Å²) in [6, 6.07) is 0.427. The van der Waals surface area contributed by atoms with E-state index in [1.807, 2.05) is 0 Å². The fourth-order valence-corrected chi connectivity index (χ4v) is 3.19. The molecule has 0 saturated carbocycles. The molecule has 4 amide bonds. The van der Waals surface area contributed by atoms with E-state index in [-0.39, 0.29) is 17.9 Å². The molecule has 0 aliphatic rings. The lowest BCUT2D eigenvalue weighted by Crippen LogP contribution is -2.58. The lowest BCUT2D eigenvalue weighted by atomic mass is 10.1. The van der Waals surface area contributed by atoms with Crippen LogP contribution >= 0.6 is 12.6 Å². The summed E-state index contributed by atoms with van der Waals surface area (Å²) in [5.74, 6) is -6.70. The van der Waals surface area contributed by atoms with Crippen LogP contribution in [0.2, 0.25) is 0 Å². The van der Waals surface area contributed by atoms with Crippen LogP contribution in [-0.2, 0) is 35.2 Å². The minimum atomic E-state index is -1.60. The highest BCUT2D eigenvalue weighted by molar-refractivity contribution is 7.80. The largest absolute Gasteiger partial charge is 0.508 e. The van der Waals surface area contributed by atoms with Gasteiger partial charge >= 0.3 is 11.9 Å². The summed E-state index contributed by atoms with van der Waals surface area (Å²) in [6.45, 7) is 0. The smallest absolute Gasteiger partial charge is 0.326 e. The van der Waals surface area contributed by atoms with Crippen molar-refractivity contribution in [2.24, 2.45) is 11.5 Å². The van der Waals surface area contributed by atoms with Gasteiger partial charge in [0.15, 0.2) is 0 Å². The van der Waals surface area contributed by atoms with Crippen LogP contribution in [-0.4, -0.2) is 80.8 Å². The Hall–Kier alpha value is -3.85. The van der Waals surface area contributed by atoms with E-state index < -0.39 is 79.0 Å². The third-order valence-corrected chi connectivity index (χ3v) is 5.21. The van der Waals surface area contributed by atoms with Gasteiger partial charge in [-0.2, -0.15) is 12.6 Å². The standard InChI is InChI=1S/C21H29N5O9S/c22-12(7-10-1-3-11(27)4-2-10)18(31)26-15(9-36)20(33)25-14(8-16(23)28)19(32)24-13(21(34)35)5-6-17(29)30/h1-4,12-15,27,36H,5-9,22H2,(H2,23,28)(H,24,32)(H,25,33)(H,26,31)(H,29,30)(H,34,35). The molecule has 0 aliphatic carbocycles. The first-order chi connectivity index (χ1) is 16.8. The lowest BCUT2D eigenvalue weighted by molar-refractivity contribution is -0.143. The van der Waals surface area contributed by atoms with Crippen molar-refractivity contribution in [3.8, 4) is 5.75 Å². The number of phenolic OH excluding ortho intramolecular Hbond substituents is 1. The number of rotatable bonds is 15.